The van der Waals surface area contributed by atoms with Crippen molar-refractivity contribution in [3.8, 4) is 0 Å². The minimum absolute atomic E-state index is 0.462. The zero-order valence-corrected chi connectivity index (χ0v) is 28.1. The van der Waals surface area contributed by atoms with Gasteiger partial charge < -0.3 is 14.0 Å². The van der Waals surface area contributed by atoms with E-state index in [-0.39, 0.29) is 0 Å². The molecule has 0 radical (unpaired) electrons. The van der Waals surface area contributed by atoms with Gasteiger partial charge in [0.1, 0.15) is 0 Å². The van der Waals surface area contributed by atoms with Crippen molar-refractivity contribution in [3.63, 3.8) is 0 Å². The Morgan fingerprint density at radius 1 is 0.250 bits per heavy atom. The fourth-order valence-electron chi connectivity index (χ4n) is 5.45. The smallest absolute Gasteiger partial charge is 0.386 e. The van der Waals surface area contributed by atoms with Crippen LogP contribution in [0.15, 0.2) is 0 Å². The number of hydrogen-bond donors (Lipinski definition) is 0. The van der Waals surface area contributed by atoms with Crippen molar-refractivity contribution in [3.05, 3.63) is 0 Å². The van der Waals surface area contributed by atoms with Crippen molar-refractivity contribution in [1.82, 2.24) is 0 Å². The van der Waals surface area contributed by atoms with Crippen LogP contribution in [0.3, 0.4) is 0 Å². The average molecular weight is 567 g/mol. The van der Waals surface area contributed by atoms with Gasteiger partial charge in [0.2, 0.25) is 0 Å². The fourth-order valence-corrected chi connectivity index (χ4v) is 5.45. The summed E-state index contributed by atoms with van der Waals surface area (Å²) >= 11 is 0. The molecule has 0 atom stereocenters. The van der Waals surface area contributed by atoms with Gasteiger partial charge in [-0.25, -0.2) is 0 Å². The summed E-state index contributed by atoms with van der Waals surface area (Å²) in [5, 5.41) is 0. The topological polar surface area (TPSA) is 27.7 Å². The van der Waals surface area contributed by atoms with Crippen LogP contribution in [0.1, 0.15) is 213 Å². The van der Waals surface area contributed by atoms with Gasteiger partial charge in [0.15, 0.2) is 0 Å². The predicted molar refractivity (Wildman–Crippen MR) is 179 cm³/mol. The average Bonchev–Trinajstić information content (AvgIpc) is 2.97. The monoisotopic (exact) mass is 567 g/mol. The second-order valence-corrected chi connectivity index (χ2v) is 12.4. The molecule has 0 saturated heterocycles. The lowest BCUT2D eigenvalue weighted by molar-refractivity contribution is 0.0885. The van der Waals surface area contributed by atoms with Crippen LogP contribution in [0, 0.1) is 0 Å². The zero-order chi connectivity index (χ0) is 29.0. The molecule has 0 spiro atoms. The van der Waals surface area contributed by atoms with Crippen molar-refractivity contribution in [1.29, 1.82) is 0 Å². The highest BCUT2D eigenvalue weighted by atomic mass is 16.7. The Hall–Kier alpha value is -0.0551. The van der Waals surface area contributed by atoms with Crippen LogP contribution >= 0.6 is 0 Å². The summed E-state index contributed by atoms with van der Waals surface area (Å²) < 4.78 is 18.2. The van der Waals surface area contributed by atoms with Crippen LogP contribution in [-0.2, 0) is 14.0 Å². The number of unbranched alkanes of at least 4 members (excludes halogenated alkanes) is 27. The Bertz CT molecular complexity index is 372. The molecule has 0 fully saturated rings. The number of rotatable bonds is 36. The highest BCUT2D eigenvalue weighted by Gasteiger charge is 2.20. The predicted octanol–water partition coefficient (Wildman–Crippen LogP) is 12.8. The molecule has 0 saturated carbocycles. The molecule has 0 heterocycles. The molecule has 0 rings (SSSR count). The van der Waals surface area contributed by atoms with Crippen molar-refractivity contribution >= 4 is 7.32 Å². The Labute approximate surface area is 254 Å². The van der Waals surface area contributed by atoms with E-state index in [0.717, 1.165) is 39.1 Å². The van der Waals surface area contributed by atoms with Crippen molar-refractivity contribution in [2.24, 2.45) is 0 Å². The lowest BCUT2D eigenvalue weighted by Gasteiger charge is -2.15. The van der Waals surface area contributed by atoms with E-state index in [0.29, 0.717) is 0 Å². The van der Waals surface area contributed by atoms with E-state index in [9.17, 15) is 0 Å². The van der Waals surface area contributed by atoms with E-state index in [2.05, 4.69) is 20.8 Å². The highest BCUT2D eigenvalue weighted by molar-refractivity contribution is 6.36. The molecule has 0 aliphatic carbocycles. The Morgan fingerprint density at radius 3 is 0.625 bits per heavy atom. The first-order chi connectivity index (χ1) is 19.8. The molecule has 40 heavy (non-hydrogen) atoms. The van der Waals surface area contributed by atoms with E-state index in [4.69, 9.17) is 14.0 Å². The molecular formula is C36H75BO3. The maximum atomic E-state index is 6.05. The lowest BCUT2D eigenvalue weighted by Crippen LogP contribution is -2.28. The lowest BCUT2D eigenvalue weighted by atomic mass is 10.1. The molecule has 0 bridgehead atoms. The maximum absolute atomic E-state index is 6.05. The quantitative estimate of drug-likeness (QED) is 0.0557. The molecule has 0 aromatic heterocycles. The second kappa shape index (κ2) is 37.0. The van der Waals surface area contributed by atoms with E-state index in [1.165, 1.54) is 173 Å². The minimum Gasteiger partial charge on any atom is -0.386 e. The zero-order valence-electron chi connectivity index (χ0n) is 28.1. The summed E-state index contributed by atoms with van der Waals surface area (Å²) in [6.45, 7) is 9.15. The maximum Gasteiger partial charge on any atom is 0.639 e. The Kier molecular flexibility index (Phi) is 36.9. The van der Waals surface area contributed by atoms with Gasteiger partial charge in [-0.2, -0.15) is 0 Å². The first-order valence-corrected chi connectivity index (χ1v) is 18.7. The second-order valence-electron chi connectivity index (χ2n) is 12.4. The van der Waals surface area contributed by atoms with Crippen LogP contribution < -0.4 is 0 Å². The standard InChI is InChI=1S/C36H75BO3/c1-4-7-10-13-16-19-22-25-28-31-34-38-37(39-35-32-29-26-23-20-17-14-11-8-5-2)40-36-33-30-27-24-21-18-15-12-9-6-3/h4-36H2,1-3H3. The van der Waals surface area contributed by atoms with Crippen molar-refractivity contribution in [2.45, 2.75) is 213 Å². The summed E-state index contributed by atoms with van der Waals surface area (Å²) in [5.41, 5.74) is 0. The Morgan fingerprint density at radius 2 is 0.425 bits per heavy atom. The third kappa shape index (κ3) is 34.1. The largest absolute Gasteiger partial charge is 0.639 e. The normalized spacial score (nSPS) is 11.5. The molecular weight excluding hydrogens is 491 g/mol. The van der Waals surface area contributed by atoms with Gasteiger partial charge in [-0.05, 0) is 19.3 Å². The van der Waals surface area contributed by atoms with Gasteiger partial charge >= 0.3 is 7.32 Å². The minimum atomic E-state index is -0.462. The summed E-state index contributed by atoms with van der Waals surface area (Å²) in [6, 6.07) is 0. The molecule has 0 amide bonds. The van der Waals surface area contributed by atoms with E-state index < -0.39 is 7.32 Å². The van der Waals surface area contributed by atoms with Gasteiger partial charge in [0, 0.05) is 19.8 Å². The van der Waals surface area contributed by atoms with Gasteiger partial charge in [-0.1, -0.05) is 194 Å². The molecule has 240 valence electrons. The third-order valence-corrected chi connectivity index (χ3v) is 8.26. The van der Waals surface area contributed by atoms with Crippen LogP contribution in [0.2, 0.25) is 0 Å². The van der Waals surface area contributed by atoms with Crippen LogP contribution in [0.4, 0.5) is 0 Å². The summed E-state index contributed by atoms with van der Waals surface area (Å²) in [4.78, 5) is 0. The fraction of sp³-hybridized carbons (Fsp3) is 1.00. The van der Waals surface area contributed by atoms with Gasteiger partial charge in [0.05, 0.1) is 0 Å². The highest BCUT2D eigenvalue weighted by Crippen LogP contribution is 2.13. The summed E-state index contributed by atoms with van der Waals surface area (Å²) in [6.07, 6.45) is 40.5. The van der Waals surface area contributed by atoms with Crippen LogP contribution in [0.25, 0.3) is 0 Å². The van der Waals surface area contributed by atoms with Crippen molar-refractivity contribution in [2.75, 3.05) is 19.8 Å². The number of hydrogen-bond acceptors (Lipinski definition) is 3. The Balaban J connectivity index is 3.89. The molecule has 0 aromatic rings. The molecule has 0 N–H and O–H groups in total. The summed E-state index contributed by atoms with van der Waals surface area (Å²) in [5.74, 6) is 0. The molecule has 0 aliphatic heterocycles. The van der Waals surface area contributed by atoms with Gasteiger partial charge in [-0.15, -0.1) is 0 Å². The van der Waals surface area contributed by atoms with Crippen LogP contribution in [-0.4, -0.2) is 27.1 Å². The SMILES string of the molecule is CCCCCCCCCCCCOB(OCCCCCCCCCCCC)OCCCCCCCCCCCC. The van der Waals surface area contributed by atoms with Gasteiger partial charge in [-0.3, -0.25) is 0 Å². The van der Waals surface area contributed by atoms with Crippen molar-refractivity contribution < 1.29 is 14.0 Å². The molecule has 0 unspecified atom stereocenters. The molecule has 3 nitrogen and oxygen atoms in total. The van der Waals surface area contributed by atoms with E-state index >= 15 is 0 Å². The summed E-state index contributed by atoms with van der Waals surface area (Å²) in [7, 11) is -0.462. The molecule has 0 aliphatic rings. The van der Waals surface area contributed by atoms with Crippen LogP contribution in [0.5, 0.6) is 0 Å². The third-order valence-electron chi connectivity index (χ3n) is 8.26. The van der Waals surface area contributed by atoms with Gasteiger partial charge in [0.25, 0.3) is 0 Å². The van der Waals surface area contributed by atoms with E-state index in [1.54, 1.807) is 0 Å². The molecule has 4 heteroatoms. The molecule has 0 aromatic carbocycles. The first kappa shape index (κ1) is 39.9. The van der Waals surface area contributed by atoms with E-state index in [1.807, 2.05) is 0 Å². The first-order valence-electron chi connectivity index (χ1n) is 18.7.